The Labute approximate surface area is 472 Å². The van der Waals surface area contributed by atoms with Crippen molar-refractivity contribution in [2.24, 2.45) is 0 Å². The molecule has 77 heavy (non-hydrogen) atoms. The molecule has 2 aromatic heterocycles. The maximum Gasteiger partial charge on any atom is 2.00 e. The van der Waals surface area contributed by atoms with Crippen molar-refractivity contribution in [3.8, 4) is 22.5 Å². The van der Waals surface area contributed by atoms with Gasteiger partial charge in [-0.15, -0.1) is 58.5 Å². The maximum atomic E-state index is 4.87. The number of anilines is 6. The Morgan fingerprint density at radius 3 is 0.922 bits per heavy atom. The van der Waals surface area contributed by atoms with E-state index in [0.717, 1.165) is 56.6 Å². The standard InChI is InChI=1S/2C35H32BN2.Pt/c2*1-24(2)29-17-11-18-30(25(3)4)34(29)36-32-19-12-22-37-35(32)31-21-20-28(23-33(31)36)38(26-13-7-5-8-14-26)27-15-9-6-10-16-27;/h2*5-20,22-25H,1-4H3;/q2*-1;+2. The van der Waals surface area contributed by atoms with Crippen LogP contribution in [-0.2, 0) is 21.1 Å². The first-order valence-corrected chi connectivity index (χ1v) is 27.2. The maximum absolute atomic E-state index is 4.87. The van der Waals surface area contributed by atoms with Crippen LogP contribution in [0.4, 0.5) is 34.1 Å². The Kier molecular flexibility index (Phi) is 15.8. The summed E-state index contributed by atoms with van der Waals surface area (Å²) in [6, 6.07) is 81.1. The fraction of sp³-hybridized carbons (Fsp3) is 0.171. The number of hydrogen-bond donors (Lipinski definition) is 0. The van der Waals surface area contributed by atoms with Gasteiger partial charge >= 0.3 is 21.1 Å². The molecule has 7 heteroatoms. The monoisotopic (exact) mass is 1180 g/mol. The van der Waals surface area contributed by atoms with Crippen LogP contribution in [-0.4, -0.2) is 23.4 Å². The molecule has 0 bridgehead atoms. The van der Waals surface area contributed by atoms with E-state index in [0.29, 0.717) is 23.7 Å². The van der Waals surface area contributed by atoms with Crippen LogP contribution in [0, 0.1) is 12.1 Å². The van der Waals surface area contributed by atoms with Crippen LogP contribution in [0.1, 0.15) is 101 Å². The summed E-state index contributed by atoms with van der Waals surface area (Å²) in [7, 11) is 0. The Morgan fingerprint density at radius 1 is 0.338 bits per heavy atom. The predicted octanol–water partition coefficient (Wildman–Crippen LogP) is 14.2. The normalized spacial score (nSPS) is 11.9. The first-order chi connectivity index (χ1) is 37.1. The van der Waals surface area contributed by atoms with Gasteiger partial charge in [0.15, 0.2) is 13.4 Å². The second-order valence-electron chi connectivity index (χ2n) is 21.5. The SMILES string of the molecule is CC(C)c1cccc(C(C)C)c1B1c2cc(N(c3ccccc3)c3ccccc3)c[c-]c2-c2ncccc21.CC(C)c1cccc(C(C)C)c1B1c2cc(N(c3ccccc3)c3ccccc3)c[c-]c2-c2ncccc21.[Pt+2]. The van der Waals surface area contributed by atoms with Crippen molar-refractivity contribution in [2.75, 3.05) is 9.80 Å². The van der Waals surface area contributed by atoms with E-state index < -0.39 is 0 Å². The largest absolute Gasteiger partial charge is 2.00 e. The summed E-state index contributed by atoms with van der Waals surface area (Å²) < 4.78 is 0. The average Bonchev–Trinajstić information content (AvgIpc) is 4.10. The van der Waals surface area contributed by atoms with Gasteiger partial charge in [-0.2, -0.15) is 0 Å². The molecule has 0 aliphatic carbocycles. The summed E-state index contributed by atoms with van der Waals surface area (Å²) in [6.45, 7) is 18.7. The summed E-state index contributed by atoms with van der Waals surface area (Å²) in [4.78, 5) is 14.4. The fourth-order valence-corrected chi connectivity index (χ4v) is 11.9. The van der Waals surface area contributed by atoms with E-state index >= 15 is 0 Å². The number of para-hydroxylation sites is 4. The van der Waals surface area contributed by atoms with Crippen LogP contribution in [0.25, 0.3) is 22.5 Å². The summed E-state index contributed by atoms with van der Waals surface area (Å²) in [5.41, 5.74) is 24.7. The molecule has 0 radical (unpaired) electrons. The van der Waals surface area contributed by atoms with E-state index in [2.05, 4.69) is 284 Å². The van der Waals surface area contributed by atoms with Crippen LogP contribution >= 0.6 is 0 Å². The number of rotatable bonds is 12. The molecule has 8 aromatic carbocycles. The minimum Gasteiger partial charge on any atom is -0.352 e. The number of fused-ring (bicyclic) bond motifs is 6. The van der Waals surface area contributed by atoms with E-state index in [1.54, 1.807) is 0 Å². The molecule has 4 nitrogen and oxygen atoms in total. The molecule has 0 saturated heterocycles. The first kappa shape index (κ1) is 52.9. The van der Waals surface area contributed by atoms with Crippen molar-refractivity contribution in [1.29, 1.82) is 0 Å². The minimum atomic E-state index is 0. The third kappa shape index (κ3) is 10.2. The van der Waals surface area contributed by atoms with Crippen LogP contribution in [0.15, 0.2) is 219 Å². The molecule has 4 heterocycles. The minimum absolute atomic E-state index is 0. The van der Waals surface area contributed by atoms with Crippen LogP contribution in [0.2, 0.25) is 0 Å². The zero-order valence-corrected chi connectivity index (χ0v) is 47.6. The third-order valence-corrected chi connectivity index (χ3v) is 15.3. The van der Waals surface area contributed by atoms with Gasteiger partial charge in [0.25, 0.3) is 0 Å². The molecule has 0 fully saturated rings. The Morgan fingerprint density at radius 2 is 0.636 bits per heavy atom. The van der Waals surface area contributed by atoms with Crippen molar-refractivity contribution < 1.29 is 21.1 Å². The Bertz CT molecular complexity index is 3270. The van der Waals surface area contributed by atoms with E-state index in [9.17, 15) is 0 Å². The summed E-state index contributed by atoms with van der Waals surface area (Å²) in [5, 5.41) is 0. The molecular formula is C70H64B2N4Pt. The molecule has 380 valence electrons. The summed E-state index contributed by atoms with van der Waals surface area (Å²) >= 11 is 0. The molecule has 0 atom stereocenters. The van der Waals surface area contributed by atoms with Crippen molar-refractivity contribution >= 4 is 80.3 Å². The molecule has 2 aliphatic rings. The zero-order valence-electron chi connectivity index (χ0n) is 45.4. The topological polar surface area (TPSA) is 32.3 Å². The van der Waals surface area contributed by atoms with Crippen LogP contribution in [0.3, 0.4) is 0 Å². The molecule has 0 N–H and O–H groups in total. The van der Waals surface area contributed by atoms with Crippen molar-refractivity contribution in [1.82, 2.24) is 9.97 Å². The molecule has 0 amide bonds. The van der Waals surface area contributed by atoms with Gasteiger partial charge in [-0.3, -0.25) is 0 Å². The van der Waals surface area contributed by atoms with Gasteiger partial charge in [0.1, 0.15) is 0 Å². The van der Waals surface area contributed by atoms with Gasteiger partial charge in [0.2, 0.25) is 0 Å². The number of aromatic nitrogens is 2. The van der Waals surface area contributed by atoms with Gasteiger partial charge < -0.3 is 19.8 Å². The molecule has 0 spiro atoms. The van der Waals surface area contributed by atoms with E-state index in [-0.39, 0.29) is 34.5 Å². The quantitative estimate of drug-likeness (QED) is 0.0901. The number of hydrogen-bond acceptors (Lipinski definition) is 4. The van der Waals surface area contributed by atoms with E-state index in [4.69, 9.17) is 9.97 Å². The molecule has 2 aliphatic heterocycles. The van der Waals surface area contributed by atoms with Crippen LogP contribution < -0.4 is 42.6 Å². The Balaban J connectivity index is 0.000000172. The second-order valence-corrected chi connectivity index (χ2v) is 21.5. The predicted molar refractivity (Wildman–Crippen MR) is 325 cm³/mol. The van der Waals surface area contributed by atoms with Crippen LogP contribution in [0.5, 0.6) is 0 Å². The summed E-state index contributed by atoms with van der Waals surface area (Å²) in [6.07, 6.45) is 3.81. The van der Waals surface area contributed by atoms with Gasteiger partial charge in [-0.1, -0.05) is 221 Å². The molecule has 12 rings (SSSR count). The van der Waals surface area contributed by atoms with Crippen molar-refractivity contribution in [3.05, 3.63) is 253 Å². The van der Waals surface area contributed by atoms with Gasteiger partial charge in [0, 0.05) is 35.1 Å². The zero-order chi connectivity index (χ0) is 52.5. The van der Waals surface area contributed by atoms with Gasteiger partial charge in [0.05, 0.1) is 0 Å². The van der Waals surface area contributed by atoms with E-state index in [1.165, 1.54) is 55.0 Å². The average molecular weight is 1180 g/mol. The third-order valence-electron chi connectivity index (χ3n) is 15.3. The Hall–Kier alpha value is -7.52. The van der Waals surface area contributed by atoms with Crippen molar-refractivity contribution in [3.63, 3.8) is 0 Å². The number of pyridine rings is 2. The molecular weight excluding hydrogens is 1110 g/mol. The molecule has 0 unspecified atom stereocenters. The fourth-order valence-electron chi connectivity index (χ4n) is 11.9. The summed E-state index contributed by atoms with van der Waals surface area (Å²) in [5.74, 6) is 1.69. The first-order valence-electron chi connectivity index (χ1n) is 27.2. The molecule has 0 saturated carbocycles. The smallest absolute Gasteiger partial charge is 0.352 e. The van der Waals surface area contributed by atoms with Gasteiger partial charge in [-0.25, -0.2) is 0 Å². The van der Waals surface area contributed by atoms with E-state index in [1.807, 2.05) is 12.4 Å². The number of benzene rings is 8. The number of nitrogens with zero attached hydrogens (tertiary/aromatic N) is 4. The van der Waals surface area contributed by atoms with Crippen molar-refractivity contribution in [2.45, 2.75) is 79.1 Å². The van der Waals surface area contributed by atoms with Gasteiger partial charge in [-0.05, 0) is 107 Å². The second kappa shape index (κ2) is 23.0. The molecule has 10 aromatic rings.